The molecule has 2 aromatic rings. The van der Waals surface area contributed by atoms with E-state index in [1.54, 1.807) is 15.8 Å². The first-order chi connectivity index (χ1) is 12.5. The highest BCUT2D eigenvalue weighted by Crippen LogP contribution is 2.15. The Labute approximate surface area is 153 Å². The molecule has 1 aromatic heterocycles. The van der Waals surface area contributed by atoms with Crippen molar-refractivity contribution in [1.82, 2.24) is 19.6 Å². The first-order valence-electron chi connectivity index (χ1n) is 8.86. The molecule has 0 bridgehead atoms. The number of carbonyl (C=O) groups is 2. The third-order valence-electron chi connectivity index (χ3n) is 4.92. The number of nitrogens with two attached hydrogens (primary N) is 1. The van der Waals surface area contributed by atoms with Crippen molar-refractivity contribution in [3.05, 3.63) is 53.9 Å². The highest BCUT2D eigenvalue weighted by molar-refractivity contribution is 5.82. The summed E-state index contributed by atoms with van der Waals surface area (Å²) in [6.07, 6.45) is 2.77. The van der Waals surface area contributed by atoms with E-state index in [9.17, 15) is 9.59 Å². The molecule has 0 unspecified atom stereocenters. The Bertz CT molecular complexity index is 758. The molecule has 1 atom stereocenters. The summed E-state index contributed by atoms with van der Waals surface area (Å²) < 4.78 is 1.78. The van der Waals surface area contributed by atoms with Gasteiger partial charge in [-0.3, -0.25) is 19.2 Å². The van der Waals surface area contributed by atoms with Gasteiger partial charge in [-0.25, -0.2) is 0 Å². The van der Waals surface area contributed by atoms with Gasteiger partial charge in [0.05, 0.1) is 0 Å². The lowest BCUT2D eigenvalue weighted by molar-refractivity contribution is -0.137. The Balaban J connectivity index is 1.59. The summed E-state index contributed by atoms with van der Waals surface area (Å²) in [5, 5.41) is 4.12. The average molecular weight is 355 g/mol. The van der Waals surface area contributed by atoms with E-state index in [4.69, 9.17) is 5.73 Å². The third-order valence-corrected chi connectivity index (χ3v) is 4.92. The van der Waals surface area contributed by atoms with Gasteiger partial charge in [0.25, 0.3) is 0 Å². The van der Waals surface area contributed by atoms with Crippen molar-refractivity contribution in [2.45, 2.75) is 25.4 Å². The number of benzene rings is 1. The summed E-state index contributed by atoms with van der Waals surface area (Å²) >= 11 is 0. The lowest BCUT2D eigenvalue weighted by atomic mass is 10.1. The number of hydrogen-bond acceptors (Lipinski definition) is 4. The summed E-state index contributed by atoms with van der Waals surface area (Å²) in [5.41, 5.74) is 7.77. The van der Waals surface area contributed by atoms with Crippen LogP contribution < -0.4 is 5.73 Å². The Morgan fingerprint density at radius 3 is 2.62 bits per heavy atom. The number of amides is 2. The smallest absolute Gasteiger partial charge is 0.236 e. The van der Waals surface area contributed by atoms with E-state index in [2.05, 4.69) is 10.00 Å². The van der Waals surface area contributed by atoms with Gasteiger partial charge in [0.1, 0.15) is 6.04 Å². The van der Waals surface area contributed by atoms with Crippen molar-refractivity contribution in [2.75, 3.05) is 19.6 Å². The maximum absolute atomic E-state index is 12.6. The van der Waals surface area contributed by atoms with Crippen LogP contribution in [0.15, 0.2) is 42.6 Å². The van der Waals surface area contributed by atoms with Gasteiger partial charge in [0, 0.05) is 51.5 Å². The monoisotopic (exact) mass is 355 g/mol. The van der Waals surface area contributed by atoms with Gasteiger partial charge >= 0.3 is 0 Å². The molecule has 138 valence electrons. The van der Waals surface area contributed by atoms with Crippen LogP contribution in [0.25, 0.3) is 0 Å². The Morgan fingerprint density at radius 1 is 1.19 bits per heavy atom. The zero-order chi connectivity index (χ0) is 18.5. The molecule has 2 heterocycles. The maximum atomic E-state index is 12.6. The minimum Gasteiger partial charge on any atom is -0.368 e. The summed E-state index contributed by atoms with van der Waals surface area (Å²) in [4.78, 5) is 28.3. The van der Waals surface area contributed by atoms with Crippen molar-refractivity contribution in [3.8, 4) is 0 Å². The lowest BCUT2D eigenvalue weighted by Gasteiger charge is -2.40. The number of nitrogens with zero attached hydrogens (tertiary/aromatic N) is 4. The summed E-state index contributed by atoms with van der Waals surface area (Å²) in [5.74, 6) is -0.332. The van der Waals surface area contributed by atoms with Crippen molar-refractivity contribution in [2.24, 2.45) is 12.8 Å². The minimum atomic E-state index is -0.454. The topological polar surface area (TPSA) is 84.5 Å². The molecule has 26 heavy (non-hydrogen) atoms. The molecule has 1 aromatic carbocycles. The average Bonchev–Trinajstić information content (AvgIpc) is 3.05. The molecule has 1 aliphatic rings. The number of aryl methyl sites for hydroxylation is 2. The van der Waals surface area contributed by atoms with Crippen LogP contribution in [-0.4, -0.2) is 57.1 Å². The van der Waals surface area contributed by atoms with E-state index in [-0.39, 0.29) is 11.8 Å². The number of primary amides is 1. The standard InChI is InChI=1S/C19H25N5O2/c1-22-16(9-10-21-22)7-8-18(25)24-12-11-23(17(14-24)19(20)26)13-15-5-3-2-4-6-15/h2-6,9-10,17H,7-8,11-14H2,1H3,(H2,20,26)/t17-/m0/s1. The molecular formula is C19H25N5O2. The highest BCUT2D eigenvalue weighted by atomic mass is 16.2. The third kappa shape index (κ3) is 4.29. The predicted molar refractivity (Wildman–Crippen MR) is 97.9 cm³/mol. The van der Waals surface area contributed by atoms with Crippen LogP contribution in [0.2, 0.25) is 0 Å². The fourth-order valence-corrected chi connectivity index (χ4v) is 3.36. The zero-order valence-electron chi connectivity index (χ0n) is 15.0. The van der Waals surface area contributed by atoms with E-state index in [1.165, 1.54) is 0 Å². The molecule has 0 saturated carbocycles. The molecule has 0 spiro atoms. The van der Waals surface area contributed by atoms with E-state index in [1.807, 2.05) is 43.4 Å². The highest BCUT2D eigenvalue weighted by Gasteiger charge is 2.32. The fraction of sp³-hybridized carbons (Fsp3) is 0.421. The molecule has 2 amide bonds. The van der Waals surface area contributed by atoms with Crippen LogP contribution in [0, 0.1) is 0 Å². The fourth-order valence-electron chi connectivity index (χ4n) is 3.36. The van der Waals surface area contributed by atoms with Crippen LogP contribution in [0.1, 0.15) is 17.7 Å². The largest absolute Gasteiger partial charge is 0.368 e. The lowest BCUT2D eigenvalue weighted by Crippen LogP contribution is -2.58. The van der Waals surface area contributed by atoms with Crippen molar-refractivity contribution in [3.63, 3.8) is 0 Å². The second kappa shape index (κ2) is 8.14. The molecule has 0 aliphatic carbocycles. The van der Waals surface area contributed by atoms with Gasteiger partial charge in [0.2, 0.25) is 11.8 Å². The Kier molecular flexibility index (Phi) is 5.68. The molecular weight excluding hydrogens is 330 g/mol. The number of aromatic nitrogens is 2. The van der Waals surface area contributed by atoms with Gasteiger partial charge < -0.3 is 10.6 Å². The molecule has 0 radical (unpaired) electrons. The van der Waals surface area contributed by atoms with Crippen molar-refractivity contribution in [1.29, 1.82) is 0 Å². The molecule has 1 aliphatic heterocycles. The molecule has 2 N–H and O–H groups in total. The van der Waals surface area contributed by atoms with Gasteiger partial charge in [-0.05, 0) is 18.1 Å². The van der Waals surface area contributed by atoms with Crippen LogP contribution in [-0.2, 0) is 29.6 Å². The summed E-state index contributed by atoms with van der Waals surface area (Å²) in [7, 11) is 1.87. The van der Waals surface area contributed by atoms with Crippen molar-refractivity contribution >= 4 is 11.8 Å². The van der Waals surface area contributed by atoms with E-state index >= 15 is 0 Å². The minimum absolute atomic E-state index is 0.0526. The van der Waals surface area contributed by atoms with Gasteiger partial charge in [0.15, 0.2) is 0 Å². The molecule has 7 heteroatoms. The molecule has 1 fully saturated rings. The van der Waals surface area contributed by atoms with Gasteiger partial charge in [-0.2, -0.15) is 5.10 Å². The number of piperazine rings is 1. The van der Waals surface area contributed by atoms with Crippen LogP contribution in [0.3, 0.4) is 0 Å². The quantitative estimate of drug-likeness (QED) is 0.820. The maximum Gasteiger partial charge on any atom is 0.236 e. The Hall–Kier alpha value is -2.67. The van der Waals surface area contributed by atoms with Gasteiger partial charge in [-0.15, -0.1) is 0 Å². The predicted octanol–water partition coefficient (Wildman–Crippen LogP) is 0.551. The number of carbonyl (C=O) groups excluding carboxylic acids is 2. The first-order valence-corrected chi connectivity index (χ1v) is 8.86. The number of rotatable bonds is 6. The second-order valence-electron chi connectivity index (χ2n) is 6.66. The van der Waals surface area contributed by atoms with Crippen LogP contribution >= 0.6 is 0 Å². The first kappa shape index (κ1) is 18.1. The van der Waals surface area contributed by atoms with Gasteiger partial charge in [-0.1, -0.05) is 30.3 Å². The van der Waals surface area contributed by atoms with Crippen LogP contribution in [0.4, 0.5) is 0 Å². The molecule has 7 nitrogen and oxygen atoms in total. The van der Waals surface area contributed by atoms with E-state index < -0.39 is 6.04 Å². The van der Waals surface area contributed by atoms with Crippen LogP contribution in [0.5, 0.6) is 0 Å². The molecule has 1 saturated heterocycles. The van der Waals surface area contributed by atoms with Crippen molar-refractivity contribution < 1.29 is 9.59 Å². The van der Waals surface area contributed by atoms with E-state index in [0.29, 0.717) is 39.0 Å². The summed E-state index contributed by atoms with van der Waals surface area (Å²) in [6, 6.07) is 11.4. The normalized spacial score (nSPS) is 18.0. The SMILES string of the molecule is Cn1nccc1CCC(=O)N1CCN(Cc2ccccc2)[C@H](C(N)=O)C1. The molecule has 3 rings (SSSR count). The zero-order valence-corrected chi connectivity index (χ0v) is 15.0. The second-order valence-corrected chi connectivity index (χ2v) is 6.66. The number of hydrogen-bond donors (Lipinski definition) is 1. The Morgan fingerprint density at radius 2 is 1.96 bits per heavy atom. The van der Waals surface area contributed by atoms with E-state index in [0.717, 1.165) is 11.3 Å². The summed E-state index contributed by atoms with van der Waals surface area (Å²) in [6.45, 7) is 2.26.